The van der Waals surface area contributed by atoms with Crippen LogP contribution in [0.2, 0.25) is 0 Å². The van der Waals surface area contributed by atoms with Crippen molar-refractivity contribution in [3.05, 3.63) is 39.9 Å². The van der Waals surface area contributed by atoms with Crippen molar-refractivity contribution in [1.29, 1.82) is 0 Å². The number of benzene rings is 1. The van der Waals surface area contributed by atoms with E-state index in [2.05, 4.69) is 5.32 Å². The van der Waals surface area contributed by atoms with E-state index in [-0.39, 0.29) is 24.4 Å². The van der Waals surface area contributed by atoms with Crippen molar-refractivity contribution >= 4 is 11.6 Å². The Morgan fingerprint density at radius 1 is 1.58 bits per heavy atom. The van der Waals surface area contributed by atoms with Crippen LogP contribution in [0.5, 0.6) is 0 Å². The molecule has 0 spiro atoms. The summed E-state index contributed by atoms with van der Waals surface area (Å²) in [6.07, 6.45) is 0. The molecule has 1 atom stereocenters. The summed E-state index contributed by atoms with van der Waals surface area (Å²) in [6, 6.07) is 5.38. The number of hydrogen-bond donors (Lipinski definition) is 2. The van der Waals surface area contributed by atoms with Crippen LogP contribution >= 0.6 is 0 Å². The van der Waals surface area contributed by atoms with Gasteiger partial charge in [0.2, 0.25) is 0 Å². The topological polar surface area (TPSA) is 102 Å². The van der Waals surface area contributed by atoms with Gasteiger partial charge in [0.05, 0.1) is 11.5 Å². The Kier molecular flexibility index (Phi) is 4.96. The van der Waals surface area contributed by atoms with Gasteiger partial charge in [-0.15, -0.1) is 0 Å². The maximum atomic E-state index is 11.8. The highest BCUT2D eigenvalue weighted by atomic mass is 16.6. The highest BCUT2D eigenvalue weighted by molar-refractivity contribution is 5.94. The minimum atomic E-state index is -1.19. The van der Waals surface area contributed by atoms with Crippen molar-refractivity contribution in [2.75, 3.05) is 20.3 Å². The first-order valence-electron chi connectivity index (χ1n) is 5.60. The van der Waals surface area contributed by atoms with Crippen molar-refractivity contribution < 1.29 is 19.6 Å². The van der Waals surface area contributed by atoms with Gasteiger partial charge in [-0.3, -0.25) is 14.9 Å². The molecule has 104 valence electrons. The Morgan fingerprint density at radius 2 is 2.26 bits per heavy atom. The van der Waals surface area contributed by atoms with Crippen LogP contribution in [0.3, 0.4) is 0 Å². The molecular formula is C12H16N2O5. The minimum Gasteiger partial charge on any atom is -0.386 e. The van der Waals surface area contributed by atoms with Crippen LogP contribution in [0.1, 0.15) is 17.3 Å². The van der Waals surface area contributed by atoms with Gasteiger partial charge in [0.1, 0.15) is 5.60 Å². The first kappa shape index (κ1) is 15.1. The first-order valence-corrected chi connectivity index (χ1v) is 5.60. The zero-order valence-electron chi connectivity index (χ0n) is 10.8. The molecule has 0 bridgehead atoms. The number of ether oxygens (including phenoxy) is 1. The second-order valence-electron chi connectivity index (χ2n) is 4.42. The molecule has 0 fully saturated rings. The van der Waals surface area contributed by atoms with Crippen LogP contribution in [0.25, 0.3) is 0 Å². The van der Waals surface area contributed by atoms with Gasteiger partial charge < -0.3 is 15.2 Å². The second-order valence-corrected chi connectivity index (χ2v) is 4.42. The molecule has 0 aliphatic carbocycles. The van der Waals surface area contributed by atoms with Crippen LogP contribution in [-0.4, -0.2) is 41.8 Å². The summed E-state index contributed by atoms with van der Waals surface area (Å²) in [5.41, 5.74) is -1.18. The molecule has 0 saturated heterocycles. The Labute approximate surface area is 110 Å². The monoisotopic (exact) mass is 268 g/mol. The molecule has 0 aliphatic rings. The van der Waals surface area contributed by atoms with Gasteiger partial charge in [-0.05, 0) is 13.0 Å². The second kappa shape index (κ2) is 6.26. The number of non-ortho nitro benzene ring substituents is 1. The molecule has 2 N–H and O–H groups in total. The predicted octanol–water partition coefficient (Wildman–Crippen LogP) is 0.722. The Hall–Kier alpha value is -1.99. The third-order valence-corrected chi connectivity index (χ3v) is 2.40. The molecule has 0 heterocycles. The van der Waals surface area contributed by atoms with Gasteiger partial charge in [0, 0.05) is 31.4 Å². The Morgan fingerprint density at radius 3 is 2.84 bits per heavy atom. The number of nitro benzene ring substituents is 1. The van der Waals surface area contributed by atoms with E-state index in [4.69, 9.17) is 4.74 Å². The molecule has 1 rings (SSSR count). The lowest BCUT2D eigenvalue weighted by Gasteiger charge is -2.22. The number of methoxy groups -OCH3 is 1. The maximum Gasteiger partial charge on any atom is 0.270 e. The number of carbonyl (C=O) groups is 1. The molecule has 0 aliphatic heterocycles. The van der Waals surface area contributed by atoms with Gasteiger partial charge in [-0.25, -0.2) is 0 Å². The zero-order valence-corrected chi connectivity index (χ0v) is 10.8. The van der Waals surface area contributed by atoms with E-state index < -0.39 is 16.4 Å². The number of nitro groups is 1. The summed E-state index contributed by atoms with van der Waals surface area (Å²) < 4.78 is 4.80. The molecule has 0 radical (unpaired) electrons. The number of rotatable bonds is 6. The zero-order chi connectivity index (χ0) is 14.5. The van der Waals surface area contributed by atoms with Gasteiger partial charge in [0.15, 0.2) is 0 Å². The number of nitrogens with one attached hydrogen (secondary N) is 1. The van der Waals surface area contributed by atoms with Crippen LogP contribution in [-0.2, 0) is 4.74 Å². The molecule has 19 heavy (non-hydrogen) atoms. The predicted molar refractivity (Wildman–Crippen MR) is 67.9 cm³/mol. The van der Waals surface area contributed by atoms with Gasteiger partial charge in [-0.2, -0.15) is 0 Å². The highest BCUT2D eigenvalue weighted by Gasteiger charge is 2.21. The molecule has 1 aromatic rings. The first-order chi connectivity index (χ1) is 8.85. The SMILES string of the molecule is COCC(C)(O)CNC(=O)c1cccc([N+](=O)[O-])c1. The quantitative estimate of drug-likeness (QED) is 0.584. The van der Waals surface area contributed by atoms with E-state index in [1.54, 1.807) is 0 Å². The third-order valence-electron chi connectivity index (χ3n) is 2.40. The maximum absolute atomic E-state index is 11.8. The smallest absolute Gasteiger partial charge is 0.270 e. The minimum absolute atomic E-state index is 0.0115. The van der Waals surface area contributed by atoms with E-state index in [0.717, 1.165) is 0 Å². The lowest BCUT2D eigenvalue weighted by atomic mass is 10.1. The van der Waals surface area contributed by atoms with Crippen LogP contribution in [0.4, 0.5) is 5.69 Å². The van der Waals surface area contributed by atoms with Crippen molar-refractivity contribution in [2.45, 2.75) is 12.5 Å². The molecule has 1 unspecified atom stereocenters. The normalized spacial score (nSPS) is 13.6. The summed E-state index contributed by atoms with van der Waals surface area (Å²) in [7, 11) is 1.44. The van der Waals surface area contributed by atoms with Crippen LogP contribution in [0.15, 0.2) is 24.3 Å². The summed E-state index contributed by atoms with van der Waals surface area (Å²) in [5.74, 6) is -0.486. The molecule has 7 nitrogen and oxygen atoms in total. The Bertz CT molecular complexity index is 473. The number of amides is 1. The number of carbonyl (C=O) groups excluding carboxylic acids is 1. The molecule has 1 aromatic carbocycles. The summed E-state index contributed by atoms with van der Waals surface area (Å²) in [4.78, 5) is 21.8. The Balaban J connectivity index is 2.68. The number of hydrogen-bond acceptors (Lipinski definition) is 5. The van der Waals surface area contributed by atoms with E-state index in [1.165, 1.54) is 38.3 Å². The fourth-order valence-corrected chi connectivity index (χ4v) is 1.50. The average Bonchev–Trinajstić information content (AvgIpc) is 2.36. The van der Waals surface area contributed by atoms with Gasteiger partial charge in [-0.1, -0.05) is 6.07 Å². The molecule has 1 amide bonds. The van der Waals surface area contributed by atoms with Crippen molar-refractivity contribution in [1.82, 2.24) is 5.32 Å². The van der Waals surface area contributed by atoms with E-state index in [9.17, 15) is 20.0 Å². The molecule has 0 saturated carbocycles. The lowest BCUT2D eigenvalue weighted by Crippen LogP contribution is -2.43. The third kappa shape index (κ3) is 4.65. The van der Waals surface area contributed by atoms with Crippen LogP contribution in [0, 0.1) is 10.1 Å². The molecule has 7 heteroatoms. The van der Waals surface area contributed by atoms with E-state index >= 15 is 0 Å². The molecule has 0 aromatic heterocycles. The highest BCUT2D eigenvalue weighted by Crippen LogP contribution is 2.13. The summed E-state index contributed by atoms with van der Waals surface area (Å²) >= 11 is 0. The van der Waals surface area contributed by atoms with Crippen molar-refractivity contribution in [3.63, 3.8) is 0 Å². The number of nitrogens with zero attached hydrogens (tertiary/aromatic N) is 1. The van der Waals surface area contributed by atoms with Gasteiger partial charge >= 0.3 is 0 Å². The fourth-order valence-electron chi connectivity index (χ4n) is 1.50. The van der Waals surface area contributed by atoms with E-state index in [0.29, 0.717) is 0 Å². The lowest BCUT2D eigenvalue weighted by molar-refractivity contribution is -0.384. The van der Waals surface area contributed by atoms with Crippen molar-refractivity contribution in [3.8, 4) is 0 Å². The van der Waals surface area contributed by atoms with E-state index in [1.807, 2.05) is 0 Å². The summed E-state index contributed by atoms with van der Waals surface area (Å²) in [5, 5.41) is 22.9. The standard InChI is InChI=1S/C12H16N2O5/c1-12(16,8-19-2)7-13-11(15)9-4-3-5-10(6-9)14(17)18/h3-6,16H,7-8H2,1-2H3,(H,13,15). The van der Waals surface area contributed by atoms with Gasteiger partial charge in [0.25, 0.3) is 11.6 Å². The molecular weight excluding hydrogens is 252 g/mol. The van der Waals surface area contributed by atoms with Crippen LogP contribution < -0.4 is 5.32 Å². The fraction of sp³-hybridized carbons (Fsp3) is 0.417. The summed E-state index contributed by atoms with van der Waals surface area (Å²) in [6.45, 7) is 1.58. The average molecular weight is 268 g/mol. The number of aliphatic hydroxyl groups is 1. The van der Waals surface area contributed by atoms with Crippen molar-refractivity contribution in [2.24, 2.45) is 0 Å². The largest absolute Gasteiger partial charge is 0.386 e.